The Bertz CT molecular complexity index is 579. The third-order valence-electron chi connectivity index (χ3n) is 3.15. The molecule has 2 rings (SSSR count). The lowest BCUT2D eigenvalue weighted by Gasteiger charge is -2.12. The summed E-state index contributed by atoms with van der Waals surface area (Å²) in [7, 11) is 1.62. The van der Waals surface area contributed by atoms with Crippen LogP contribution in [0.5, 0.6) is 11.5 Å². The van der Waals surface area contributed by atoms with E-state index in [1.54, 1.807) is 19.2 Å². The second-order valence-corrected chi connectivity index (χ2v) is 4.67. The molecule has 2 aromatic rings. The van der Waals surface area contributed by atoms with E-state index in [4.69, 9.17) is 4.74 Å². The first-order valence-electron chi connectivity index (χ1n) is 6.27. The highest BCUT2D eigenvalue weighted by Gasteiger charge is 2.04. The molecular weight excluding hydrogens is 238 g/mol. The van der Waals surface area contributed by atoms with Gasteiger partial charge >= 0.3 is 0 Å². The van der Waals surface area contributed by atoms with Gasteiger partial charge in [-0.2, -0.15) is 0 Å². The Balaban J connectivity index is 2.16. The summed E-state index contributed by atoms with van der Waals surface area (Å²) >= 11 is 0. The van der Waals surface area contributed by atoms with Crippen molar-refractivity contribution in [3.8, 4) is 11.5 Å². The van der Waals surface area contributed by atoms with Crippen LogP contribution < -0.4 is 10.1 Å². The second-order valence-electron chi connectivity index (χ2n) is 4.67. The van der Waals surface area contributed by atoms with Crippen LogP contribution in [0.25, 0.3) is 0 Å². The lowest BCUT2D eigenvalue weighted by molar-refractivity contribution is 0.411. The van der Waals surface area contributed by atoms with Crippen LogP contribution in [-0.2, 0) is 6.54 Å². The molecule has 100 valence electrons. The Kier molecular flexibility index (Phi) is 3.95. The second kappa shape index (κ2) is 5.65. The number of hydrogen-bond donors (Lipinski definition) is 2. The maximum absolute atomic E-state index is 9.84. The first-order chi connectivity index (χ1) is 9.10. The number of aromatic hydroxyl groups is 1. The zero-order valence-corrected chi connectivity index (χ0v) is 11.5. The van der Waals surface area contributed by atoms with E-state index in [-0.39, 0.29) is 5.75 Å². The van der Waals surface area contributed by atoms with Gasteiger partial charge in [0.05, 0.1) is 7.11 Å². The minimum absolute atomic E-state index is 0.276. The fourth-order valence-electron chi connectivity index (χ4n) is 1.95. The van der Waals surface area contributed by atoms with Crippen molar-refractivity contribution in [1.29, 1.82) is 0 Å². The number of ether oxygens (including phenoxy) is 1. The van der Waals surface area contributed by atoms with Gasteiger partial charge in [-0.25, -0.2) is 0 Å². The van der Waals surface area contributed by atoms with Crippen LogP contribution >= 0.6 is 0 Å². The Morgan fingerprint density at radius 1 is 1.11 bits per heavy atom. The molecule has 3 nitrogen and oxygen atoms in total. The van der Waals surface area contributed by atoms with Crippen molar-refractivity contribution in [1.82, 2.24) is 0 Å². The van der Waals surface area contributed by atoms with Gasteiger partial charge in [0.15, 0.2) is 0 Å². The third kappa shape index (κ3) is 3.19. The summed E-state index contributed by atoms with van der Waals surface area (Å²) in [5, 5.41) is 13.2. The van der Waals surface area contributed by atoms with E-state index in [0.717, 1.165) is 17.0 Å². The van der Waals surface area contributed by atoms with Gasteiger partial charge < -0.3 is 15.2 Å². The number of aryl methyl sites for hydroxylation is 2. The van der Waals surface area contributed by atoms with E-state index in [1.807, 2.05) is 6.07 Å². The average molecular weight is 257 g/mol. The highest BCUT2D eigenvalue weighted by Crippen LogP contribution is 2.24. The molecule has 2 aromatic carbocycles. The van der Waals surface area contributed by atoms with E-state index in [9.17, 15) is 5.11 Å². The van der Waals surface area contributed by atoms with E-state index < -0.39 is 0 Å². The summed E-state index contributed by atoms with van der Waals surface area (Å²) in [6, 6.07) is 11.5. The maximum atomic E-state index is 9.84. The number of rotatable bonds is 4. The largest absolute Gasteiger partial charge is 0.508 e. The molecule has 0 aliphatic carbocycles. The molecule has 0 saturated heterocycles. The molecule has 0 spiro atoms. The van der Waals surface area contributed by atoms with E-state index in [1.165, 1.54) is 11.1 Å². The Morgan fingerprint density at radius 2 is 1.89 bits per heavy atom. The van der Waals surface area contributed by atoms with E-state index >= 15 is 0 Å². The molecule has 3 heteroatoms. The number of nitrogens with one attached hydrogen (secondary N) is 1. The van der Waals surface area contributed by atoms with Crippen molar-refractivity contribution in [2.24, 2.45) is 0 Å². The number of methoxy groups -OCH3 is 1. The molecule has 0 fully saturated rings. The molecule has 19 heavy (non-hydrogen) atoms. The summed E-state index contributed by atoms with van der Waals surface area (Å²) in [6.07, 6.45) is 0. The third-order valence-corrected chi connectivity index (χ3v) is 3.15. The van der Waals surface area contributed by atoms with Crippen LogP contribution in [0.4, 0.5) is 5.69 Å². The van der Waals surface area contributed by atoms with Gasteiger partial charge in [0, 0.05) is 17.8 Å². The van der Waals surface area contributed by atoms with Gasteiger partial charge in [0.25, 0.3) is 0 Å². The highest BCUT2D eigenvalue weighted by atomic mass is 16.5. The van der Waals surface area contributed by atoms with Gasteiger partial charge in [-0.15, -0.1) is 0 Å². The van der Waals surface area contributed by atoms with E-state index in [0.29, 0.717) is 6.54 Å². The summed E-state index contributed by atoms with van der Waals surface area (Å²) in [6.45, 7) is 4.69. The van der Waals surface area contributed by atoms with Gasteiger partial charge in [-0.05, 0) is 49.2 Å². The minimum atomic E-state index is 0.276. The SMILES string of the molecule is COc1ccc(O)c(CNc2cc(C)ccc2C)c1. The zero-order chi connectivity index (χ0) is 13.8. The fourth-order valence-corrected chi connectivity index (χ4v) is 1.95. The van der Waals surface area contributed by atoms with Crippen molar-refractivity contribution >= 4 is 5.69 Å². The summed E-state index contributed by atoms with van der Waals surface area (Å²) in [5.74, 6) is 1.02. The molecule has 0 unspecified atom stereocenters. The number of phenols is 1. The van der Waals surface area contributed by atoms with Crippen LogP contribution in [0, 0.1) is 13.8 Å². The number of anilines is 1. The molecular formula is C16H19NO2. The maximum Gasteiger partial charge on any atom is 0.120 e. The average Bonchev–Trinajstić information content (AvgIpc) is 2.41. The molecule has 0 heterocycles. The van der Waals surface area contributed by atoms with Crippen LogP contribution in [0.15, 0.2) is 36.4 Å². The van der Waals surface area contributed by atoms with Crippen LogP contribution in [-0.4, -0.2) is 12.2 Å². The topological polar surface area (TPSA) is 41.5 Å². The summed E-state index contributed by atoms with van der Waals surface area (Å²) in [5.41, 5.74) is 4.30. The molecule has 0 saturated carbocycles. The smallest absolute Gasteiger partial charge is 0.120 e. The Morgan fingerprint density at radius 3 is 2.63 bits per heavy atom. The first-order valence-corrected chi connectivity index (χ1v) is 6.27. The molecule has 0 aromatic heterocycles. The molecule has 0 bridgehead atoms. The van der Waals surface area contributed by atoms with Gasteiger partial charge in [-0.3, -0.25) is 0 Å². The predicted octanol–water partition coefficient (Wildman–Crippen LogP) is 3.63. The normalized spacial score (nSPS) is 10.3. The zero-order valence-electron chi connectivity index (χ0n) is 11.5. The molecule has 0 radical (unpaired) electrons. The van der Waals surface area contributed by atoms with Crippen molar-refractivity contribution in [3.63, 3.8) is 0 Å². The van der Waals surface area contributed by atoms with Crippen molar-refractivity contribution in [2.75, 3.05) is 12.4 Å². The standard InChI is InChI=1S/C16H19NO2/c1-11-4-5-12(2)15(8-11)17-10-13-9-14(19-3)6-7-16(13)18/h4-9,17-18H,10H2,1-3H3. The lowest BCUT2D eigenvalue weighted by Crippen LogP contribution is -2.02. The van der Waals surface area contributed by atoms with Crippen molar-refractivity contribution in [2.45, 2.75) is 20.4 Å². The quantitative estimate of drug-likeness (QED) is 0.878. The molecule has 2 N–H and O–H groups in total. The minimum Gasteiger partial charge on any atom is -0.508 e. The molecule has 0 amide bonds. The van der Waals surface area contributed by atoms with Crippen LogP contribution in [0.2, 0.25) is 0 Å². The lowest BCUT2D eigenvalue weighted by atomic mass is 10.1. The summed E-state index contributed by atoms with van der Waals surface area (Å²) < 4.78 is 5.17. The number of hydrogen-bond acceptors (Lipinski definition) is 3. The Hall–Kier alpha value is -2.16. The Labute approximate surface area is 113 Å². The monoisotopic (exact) mass is 257 g/mol. The van der Waals surface area contributed by atoms with Crippen LogP contribution in [0.3, 0.4) is 0 Å². The fraction of sp³-hybridized carbons (Fsp3) is 0.250. The highest BCUT2D eigenvalue weighted by molar-refractivity contribution is 5.53. The van der Waals surface area contributed by atoms with Crippen LogP contribution in [0.1, 0.15) is 16.7 Å². The molecule has 0 atom stereocenters. The summed E-state index contributed by atoms with van der Waals surface area (Å²) in [4.78, 5) is 0. The van der Waals surface area contributed by atoms with Gasteiger partial charge in [0.1, 0.15) is 11.5 Å². The number of benzene rings is 2. The molecule has 0 aliphatic heterocycles. The van der Waals surface area contributed by atoms with Crippen molar-refractivity contribution in [3.05, 3.63) is 53.1 Å². The first kappa shape index (κ1) is 13.3. The van der Waals surface area contributed by atoms with Gasteiger partial charge in [0.2, 0.25) is 0 Å². The van der Waals surface area contributed by atoms with E-state index in [2.05, 4.69) is 37.4 Å². The van der Waals surface area contributed by atoms with Crippen molar-refractivity contribution < 1.29 is 9.84 Å². The predicted molar refractivity (Wildman–Crippen MR) is 77.9 cm³/mol. The molecule has 0 aliphatic rings. The number of phenolic OH excluding ortho intramolecular Hbond substituents is 1. The van der Waals surface area contributed by atoms with Gasteiger partial charge in [-0.1, -0.05) is 12.1 Å².